The zero-order chi connectivity index (χ0) is 14.0. The highest BCUT2D eigenvalue weighted by molar-refractivity contribution is 6.30. The second-order valence-electron chi connectivity index (χ2n) is 5.47. The Morgan fingerprint density at radius 3 is 2.89 bits per heavy atom. The van der Waals surface area contributed by atoms with E-state index in [2.05, 4.69) is 12.2 Å². The Morgan fingerprint density at radius 1 is 1.53 bits per heavy atom. The van der Waals surface area contributed by atoms with Crippen LogP contribution in [0.15, 0.2) is 18.2 Å². The average Bonchev–Trinajstić information content (AvgIpc) is 2.26. The van der Waals surface area contributed by atoms with Crippen molar-refractivity contribution in [2.24, 2.45) is 11.7 Å². The molecule has 0 saturated heterocycles. The first kappa shape index (κ1) is 14.3. The first-order valence-corrected chi connectivity index (χ1v) is 6.83. The van der Waals surface area contributed by atoms with Gasteiger partial charge in [-0.1, -0.05) is 31.4 Å². The molecule has 0 radical (unpaired) electrons. The minimum atomic E-state index is -0.865. The predicted octanol–water partition coefficient (Wildman–Crippen LogP) is 3.33. The molecule has 2 unspecified atom stereocenters. The number of anilines is 1. The van der Waals surface area contributed by atoms with E-state index in [1.165, 1.54) is 18.2 Å². The molecule has 0 heterocycles. The monoisotopic (exact) mass is 284 g/mol. The average molecular weight is 285 g/mol. The molecule has 1 saturated carbocycles. The van der Waals surface area contributed by atoms with Gasteiger partial charge in [-0.15, -0.1) is 0 Å². The molecule has 0 bridgehead atoms. The maximum atomic E-state index is 13.2. The number of carbonyl (C=O) groups excluding carboxylic acids is 1. The van der Waals surface area contributed by atoms with E-state index in [0.717, 1.165) is 12.8 Å². The Labute approximate surface area is 117 Å². The molecule has 1 aliphatic carbocycles. The van der Waals surface area contributed by atoms with Gasteiger partial charge < -0.3 is 11.1 Å². The van der Waals surface area contributed by atoms with Crippen LogP contribution in [0.1, 0.15) is 32.6 Å². The third-order valence-corrected chi connectivity index (χ3v) is 3.82. The minimum absolute atomic E-state index is 0.249. The lowest BCUT2D eigenvalue weighted by Crippen LogP contribution is -2.53. The smallest absolute Gasteiger partial charge is 0.244 e. The van der Waals surface area contributed by atoms with Gasteiger partial charge in [-0.3, -0.25) is 4.79 Å². The molecule has 0 aliphatic heterocycles. The lowest BCUT2D eigenvalue weighted by atomic mass is 9.76. The number of carbonyl (C=O) groups is 1. The number of hydrogen-bond acceptors (Lipinski definition) is 2. The van der Waals surface area contributed by atoms with Crippen LogP contribution in [-0.4, -0.2) is 11.4 Å². The summed E-state index contributed by atoms with van der Waals surface area (Å²) in [4.78, 5) is 12.3. The topological polar surface area (TPSA) is 55.1 Å². The van der Waals surface area contributed by atoms with Crippen LogP contribution in [-0.2, 0) is 4.79 Å². The summed E-state index contributed by atoms with van der Waals surface area (Å²) in [6, 6.07) is 3.94. The number of rotatable bonds is 2. The van der Waals surface area contributed by atoms with Gasteiger partial charge in [0.1, 0.15) is 5.82 Å². The summed E-state index contributed by atoms with van der Waals surface area (Å²) in [6.07, 6.45) is 3.35. The first-order chi connectivity index (χ1) is 8.89. The molecule has 19 heavy (non-hydrogen) atoms. The lowest BCUT2D eigenvalue weighted by Gasteiger charge is -2.35. The van der Waals surface area contributed by atoms with Gasteiger partial charge >= 0.3 is 0 Å². The summed E-state index contributed by atoms with van der Waals surface area (Å²) < 4.78 is 13.2. The molecule has 104 valence electrons. The molecular weight excluding hydrogens is 267 g/mol. The standard InChI is InChI=1S/C14H18ClFN2O/c1-9-3-2-4-14(17,8-9)13(19)18-12-6-10(15)5-11(16)7-12/h5-7,9H,2-4,8,17H2,1H3,(H,18,19). The van der Waals surface area contributed by atoms with Crippen molar-refractivity contribution >= 4 is 23.2 Å². The van der Waals surface area contributed by atoms with E-state index in [1.807, 2.05) is 0 Å². The number of amides is 1. The van der Waals surface area contributed by atoms with Crippen LogP contribution in [0.25, 0.3) is 0 Å². The highest BCUT2D eigenvalue weighted by Crippen LogP contribution is 2.31. The predicted molar refractivity (Wildman–Crippen MR) is 74.6 cm³/mol. The summed E-state index contributed by atoms with van der Waals surface area (Å²) in [5.74, 6) is -0.313. The van der Waals surface area contributed by atoms with Crippen molar-refractivity contribution in [2.45, 2.75) is 38.1 Å². The fraction of sp³-hybridized carbons (Fsp3) is 0.500. The van der Waals surface area contributed by atoms with Crippen LogP contribution < -0.4 is 11.1 Å². The molecule has 1 aromatic rings. The van der Waals surface area contributed by atoms with Crippen molar-refractivity contribution < 1.29 is 9.18 Å². The quantitative estimate of drug-likeness (QED) is 0.875. The zero-order valence-electron chi connectivity index (χ0n) is 10.9. The molecule has 1 aliphatic rings. The fourth-order valence-electron chi connectivity index (χ4n) is 2.68. The molecule has 0 aromatic heterocycles. The molecule has 0 spiro atoms. The second-order valence-corrected chi connectivity index (χ2v) is 5.91. The van der Waals surface area contributed by atoms with Gasteiger partial charge in [-0.2, -0.15) is 0 Å². The van der Waals surface area contributed by atoms with Crippen LogP contribution >= 0.6 is 11.6 Å². The van der Waals surface area contributed by atoms with E-state index in [1.54, 1.807) is 0 Å². The largest absolute Gasteiger partial charge is 0.324 e. The maximum absolute atomic E-state index is 13.2. The normalized spacial score (nSPS) is 27.1. The molecule has 5 heteroatoms. The Balaban J connectivity index is 2.11. The van der Waals surface area contributed by atoms with E-state index in [4.69, 9.17) is 17.3 Å². The number of hydrogen-bond donors (Lipinski definition) is 2. The molecule has 1 fully saturated rings. The van der Waals surface area contributed by atoms with Crippen LogP contribution in [0.2, 0.25) is 5.02 Å². The molecule has 2 rings (SSSR count). The first-order valence-electron chi connectivity index (χ1n) is 6.45. The minimum Gasteiger partial charge on any atom is -0.324 e. The SMILES string of the molecule is CC1CCCC(N)(C(=O)Nc2cc(F)cc(Cl)c2)C1. The van der Waals surface area contributed by atoms with Gasteiger partial charge in [-0.25, -0.2) is 4.39 Å². The molecule has 1 aromatic carbocycles. The Kier molecular flexibility index (Phi) is 4.11. The summed E-state index contributed by atoms with van der Waals surface area (Å²) in [5, 5.41) is 2.91. The third-order valence-electron chi connectivity index (χ3n) is 3.61. The fourth-order valence-corrected chi connectivity index (χ4v) is 2.90. The number of benzene rings is 1. The van der Waals surface area contributed by atoms with Crippen molar-refractivity contribution in [3.63, 3.8) is 0 Å². The molecule has 3 nitrogen and oxygen atoms in total. The van der Waals surface area contributed by atoms with Crippen LogP contribution in [0.4, 0.5) is 10.1 Å². The van der Waals surface area contributed by atoms with Gasteiger partial charge in [0.25, 0.3) is 0 Å². The van der Waals surface area contributed by atoms with E-state index in [0.29, 0.717) is 24.4 Å². The van der Waals surface area contributed by atoms with Crippen LogP contribution in [0.5, 0.6) is 0 Å². The van der Waals surface area contributed by atoms with E-state index in [-0.39, 0.29) is 10.9 Å². The van der Waals surface area contributed by atoms with E-state index < -0.39 is 11.4 Å². The van der Waals surface area contributed by atoms with Crippen LogP contribution in [0.3, 0.4) is 0 Å². The zero-order valence-corrected chi connectivity index (χ0v) is 11.6. The van der Waals surface area contributed by atoms with Crippen molar-refractivity contribution in [1.29, 1.82) is 0 Å². The Bertz CT molecular complexity index is 474. The van der Waals surface area contributed by atoms with Crippen LogP contribution in [0, 0.1) is 11.7 Å². The molecule has 3 N–H and O–H groups in total. The third kappa shape index (κ3) is 3.45. The van der Waals surface area contributed by atoms with E-state index >= 15 is 0 Å². The van der Waals surface area contributed by atoms with Gasteiger partial charge in [-0.05, 0) is 37.0 Å². The highest BCUT2D eigenvalue weighted by Gasteiger charge is 2.37. The number of halogens is 2. The summed E-state index contributed by atoms with van der Waals surface area (Å²) >= 11 is 5.75. The Morgan fingerprint density at radius 2 is 2.26 bits per heavy atom. The molecule has 2 atom stereocenters. The summed E-state index contributed by atoms with van der Waals surface area (Å²) in [7, 11) is 0. The second kappa shape index (κ2) is 5.47. The summed E-state index contributed by atoms with van der Waals surface area (Å²) in [5.41, 5.74) is 5.66. The van der Waals surface area contributed by atoms with Gasteiger partial charge in [0.2, 0.25) is 5.91 Å². The summed E-state index contributed by atoms with van der Waals surface area (Å²) in [6.45, 7) is 2.09. The lowest BCUT2D eigenvalue weighted by molar-refractivity contribution is -0.122. The maximum Gasteiger partial charge on any atom is 0.244 e. The molecule has 1 amide bonds. The van der Waals surface area contributed by atoms with Crippen molar-refractivity contribution in [2.75, 3.05) is 5.32 Å². The van der Waals surface area contributed by atoms with Crippen molar-refractivity contribution in [1.82, 2.24) is 0 Å². The van der Waals surface area contributed by atoms with Gasteiger partial charge in [0.15, 0.2) is 0 Å². The van der Waals surface area contributed by atoms with Gasteiger partial charge in [0, 0.05) is 10.7 Å². The van der Waals surface area contributed by atoms with Crippen molar-refractivity contribution in [3.05, 3.63) is 29.0 Å². The van der Waals surface area contributed by atoms with E-state index in [9.17, 15) is 9.18 Å². The molecular formula is C14H18ClFN2O. The number of nitrogens with two attached hydrogens (primary N) is 1. The highest BCUT2D eigenvalue weighted by atomic mass is 35.5. The Hall–Kier alpha value is -1.13. The van der Waals surface area contributed by atoms with Gasteiger partial charge in [0.05, 0.1) is 5.54 Å². The number of nitrogens with one attached hydrogen (secondary N) is 1. The van der Waals surface area contributed by atoms with Crippen molar-refractivity contribution in [3.8, 4) is 0 Å².